The molecule has 4 rings (SSSR count). The first-order valence-corrected chi connectivity index (χ1v) is 8.46. The molecule has 1 aliphatic rings. The van der Waals surface area contributed by atoms with Gasteiger partial charge in [-0.2, -0.15) is 0 Å². The molecule has 3 aromatic rings. The van der Waals surface area contributed by atoms with Crippen LogP contribution in [0.25, 0.3) is 11.3 Å². The van der Waals surface area contributed by atoms with Gasteiger partial charge in [0.05, 0.1) is 0 Å². The van der Waals surface area contributed by atoms with E-state index in [0.717, 1.165) is 24.3 Å². The maximum absolute atomic E-state index is 12.6. The Hall–Kier alpha value is -3.08. The third-order valence-electron chi connectivity index (χ3n) is 4.42. The Morgan fingerprint density at radius 3 is 2.44 bits per heavy atom. The van der Waals surface area contributed by atoms with Gasteiger partial charge in [0.1, 0.15) is 5.69 Å². The Labute approximate surface area is 146 Å². The van der Waals surface area contributed by atoms with Crippen molar-refractivity contribution in [2.24, 2.45) is 0 Å². The molecule has 0 unspecified atom stereocenters. The van der Waals surface area contributed by atoms with Crippen molar-refractivity contribution in [2.75, 3.05) is 23.3 Å². The minimum atomic E-state index is -0.301. The van der Waals surface area contributed by atoms with Gasteiger partial charge in [-0.05, 0) is 37.1 Å². The highest BCUT2D eigenvalue weighted by Crippen LogP contribution is 2.25. The second-order valence-corrected chi connectivity index (χ2v) is 6.09. The smallest absolute Gasteiger partial charge is 0.293 e. The van der Waals surface area contributed by atoms with Crippen LogP contribution in [0.1, 0.15) is 23.4 Å². The van der Waals surface area contributed by atoms with Crippen LogP contribution < -0.4 is 10.2 Å². The minimum Gasteiger partial charge on any atom is -0.438 e. The van der Waals surface area contributed by atoms with Gasteiger partial charge >= 0.3 is 0 Å². The number of hydrogen-bond acceptors (Lipinski definition) is 4. The monoisotopic (exact) mass is 333 g/mol. The number of aromatic nitrogens is 1. The molecule has 0 bridgehead atoms. The summed E-state index contributed by atoms with van der Waals surface area (Å²) in [6, 6.07) is 17.5. The number of hydrogen-bond donors (Lipinski definition) is 1. The minimum absolute atomic E-state index is 0.217. The number of carbonyl (C=O) groups is 1. The van der Waals surface area contributed by atoms with Crippen LogP contribution in [-0.4, -0.2) is 24.0 Å². The molecule has 0 aliphatic carbocycles. The van der Waals surface area contributed by atoms with Crippen molar-refractivity contribution in [2.45, 2.75) is 12.8 Å². The zero-order chi connectivity index (χ0) is 17.1. The largest absolute Gasteiger partial charge is 0.438 e. The quantitative estimate of drug-likeness (QED) is 0.777. The third-order valence-corrected chi connectivity index (χ3v) is 4.42. The number of anilines is 2. The summed E-state index contributed by atoms with van der Waals surface area (Å²) < 4.78 is 5.33. The molecule has 1 amide bonds. The molecular formula is C20H19N3O2. The highest BCUT2D eigenvalue weighted by atomic mass is 16.3. The Morgan fingerprint density at radius 2 is 1.72 bits per heavy atom. The van der Waals surface area contributed by atoms with Crippen LogP contribution in [0.4, 0.5) is 11.4 Å². The number of nitrogens with zero attached hydrogens (tertiary/aromatic N) is 2. The fraction of sp³-hybridized carbons (Fsp3) is 0.200. The molecule has 2 aromatic carbocycles. The van der Waals surface area contributed by atoms with Crippen LogP contribution in [0.5, 0.6) is 0 Å². The number of benzene rings is 2. The van der Waals surface area contributed by atoms with Gasteiger partial charge in [0.15, 0.2) is 6.39 Å². The van der Waals surface area contributed by atoms with Crippen LogP contribution in [0.3, 0.4) is 0 Å². The maximum Gasteiger partial charge on any atom is 0.293 e. The normalized spacial score (nSPS) is 13.8. The topological polar surface area (TPSA) is 58.4 Å². The molecule has 5 heteroatoms. The van der Waals surface area contributed by atoms with Crippen LogP contribution in [0.15, 0.2) is 65.4 Å². The molecule has 0 spiro atoms. The van der Waals surface area contributed by atoms with Crippen molar-refractivity contribution in [1.29, 1.82) is 0 Å². The van der Waals surface area contributed by atoms with E-state index in [1.54, 1.807) is 0 Å². The highest BCUT2D eigenvalue weighted by molar-refractivity contribution is 6.06. The number of oxazole rings is 1. The molecule has 126 valence electrons. The summed E-state index contributed by atoms with van der Waals surface area (Å²) in [5.74, 6) is -0.0832. The lowest BCUT2D eigenvalue weighted by Gasteiger charge is -2.17. The Morgan fingerprint density at radius 1 is 1.00 bits per heavy atom. The van der Waals surface area contributed by atoms with E-state index in [4.69, 9.17) is 4.42 Å². The van der Waals surface area contributed by atoms with E-state index < -0.39 is 0 Å². The van der Waals surface area contributed by atoms with E-state index in [1.165, 1.54) is 24.9 Å². The standard InChI is InChI=1S/C20H19N3O2/c24-20(19-18(21-14-25-19)15-6-2-1-3-7-15)22-16-8-10-17(11-9-16)23-12-4-5-13-23/h1-3,6-11,14H,4-5,12-13H2,(H,22,24). The summed E-state index contributed by atoms with van der Waals surface area (Å²) in [6.45, 7) is 2.20. The summed E-state index contributed by atoms with van der Waals surface area (Å²) in [6.07, 6.45) is 3.78. The van der Waals surface area contributed by atoms with Crippen LogP contribution in [0.2, 0.25) is 0 Å². The lowest BCUT2D eigenvalue weighted by molar-refractivity contribution is 0.0997. The predicted molar refractivity (Wildman–Crippen MR) is 97.8 cm³/mol. The molecule has 0 saturated carbocycles. The molecule has 1 N–H and O–H groups in total. The number of nitrogens with one attached hydrogen (secondary N) is 1. The first-order chi connectivity index (χ1) is 12.3. The van der Waals surface area contributed by atoms with E-state index in [2.05, 4.69) is 15.2 Å². The summed E-state index contributed by atoms with van der Waals surface area (Å²) in [7, 11) is 0. The van der Waals surface area contributed by atoms with Gasteiger partial charge in [0.25, 0.3) is 5.91 Å². The van der Waals surface area contributed by atoms with Gasteiger partial charge in [-0.15, -0.1) is 0 Å². The first kappa shape index (κ1) is 15.4. The van der Waals surface area contributed by atoms with E-state index >= 15 is 0 Å². The first-order valence-electron chi connectivity index (χ1n) is 8.46. The maximum atomic E-state index is 12.6. The van der Waals surface area contributed by atoms with Crippen molar-refractivity contribution in [3.8, 4) is 11.3 Å². The Balaban J connectivity index is 1.50. The molecule has 1 saturated heterocycles. The zero-order valence-electron chi connectivity index (χ0n) is 13.8. The van der Waals surface area contributed by atoms with E-state index in [1.807, 2.05) is 54.6 Å². The zero-order valence-corrected chi connectivity index (χ0v) is 13.8. The second-order valence-electron chi connectivity index (χ2n) is 6.09. The van der Waals surface area contributed by atoms with Gasteiger partial charge in [-0.25, -0.2) is 4.98 Å². The third kappa shape index (κ3) is 3.26. The predicted octanol–water partition coefficient (Wildman–Crippen LogP) is 4.19. The average molecular weight is 333 g/mol. The molecule has 2 heterocycles. The van der Waals surface area contributed by atoms with Gasteiger partial charge in [-0.3, -0.25) is 4.79 Å². The summed E-state index contributed by atoms with van der Waals surface area (Å²) in [5.41, 5.74) is 3.33. The second kappa shape index (κ2) is 6.81. The van der Waals surface area contributed by atoms with Gasteiger partial charge in [0.2, 0.25) is 5.76 Å². The molecular weight excluding hydrogens is 314 g/mol. The fourth-order valence-electron chi connectivity index (χ4n) is 3.13. The molecule has 25 heavy (non-hydrogen) atoms. The fourth-order valence-corrected chi connectivity index (χ4v) is 3.13. The molecule has 0 atom stereocenters. The van der Waals surface area contributed by atoms with Crippen molar-refractivity contribution in [3.05, 3.63) is 66.8 Å². The van der Waals surface area contributed by atoms with Crippen molar-refractivity contribution in [1.82, 2.24) is 4.98 Å². The molecule has 5 nitrogen and oxygen atoms in total. The van der Waals surface area contributed by atoms with E-state index in [0.29, 0.717) is 5.69 Å². The Kier molecular flexibility index (Phi) is 4.21. The molecule has 1 fully saturated rings. The SMILES string of the molecule is O=C(Nc1ccc(N2CCCC2)cc1)c1ocnc1-c1ccccc1. The van der Waals surface area contributed by atoms with Gasteiger partial charge in [-0.1, -0.05) is 30.3 Å². The summed E-state index contributed by atoms with van der Waals surface area (Å²) in [4.78, 5) is 19.1. The van der Waals surface area contributed by atoms with Crippen LogP contribution in [-0.2, 0) is 0 Å². The number of amides is 1. The average Bonchev–Trinajstić information content (AvgIpc) is 3.35. The van der Waals surface area contributed by atoms with E-state index in [-0.39, 0.29) is 11.7 Å². The van der Waals surface area contributed by atoms with Crippen molar-refractivity contribution < 1.29 is 9.21 Å². The van der Waals surface area contributed by atoms with Crippen LogP contribution >= 0.6 is 0 Å². The number of rotatable bonds is 4. The van der Waals surface area contributed by atoms with Crippen molar-refractivity contribution in [3.63, 3.8) is 0 Å². The lowest BCUT2D eigenvalue weighted by Crippen LogP contribution is -2.17. The van der Waals surface area contributed by atoms with Crippen LogP contribution in [0, 0.1) is 0 Å². The van der Waals surface area contributed by atoms with Gasteiger partial charge in [0, 0.05) is 30.0 Å². The molecule has 0 radical (unpaired) electrons. The number of carbonyl (C=O) groups excluding carboxylic acids is 1. The molecule has 1 aliphatic heterocycles. The highest BCUT2D eigenvalue weighted by Gasteiger charge is 2.19. The summed E-state index contributed by atoms with van der Waals surface area (Å²) >= 11 is 0. The van der Waals surface area contributed by atoms with E-state index in [9.17, 15) is 4.79 Å². The lowest BCUT2D eigenvalue weighted by atomic mass is 10.1. The summed E-state index contributed by atoms with van der Waals surface area (Å²) in [5, 5.41) is 2.88. The van der Waals surface area contributed by atoms with Crippen molar-refractivity contribution >= 4 is 17.3 Å². The molecule has 1 aromatic heterocycles. The van der Waals surface area contributed by atoms with Gasteiger partial charge < -0.3 is 14.6 Å². The Bertz CT molecular complexity index is 850.